The maximum Gasteiger partial charge on any atom is 0.320 e. The average Bonchev–Trinajstić information content (AvgIpc) is 2.63. The molecule has 0 aliphatic rings. The van der Waals surface area contributed by atoms with Gasteiger partial charge in [0.2, 0.25) is 0 Å². The highest BCUT2D eigenvalue weighted by atomic mass is 31.2. The van der Waals surface area contributed by atoms with Gasteiger partial charge in [-0.05, 0) is 11.5 Å². The van der Waals surface area contributed by atoms with Crippen LogP contribution in [0.1, 0.15) is 13.8 Å². The number of benzene rings is 2. The molecule has 130 valence electrons. The van der Waals surface area contributed by atoms with Gasteiger partial charge in [-0.15, -0.1) is 12.8 Å². The first-order valence-corrected chi connectivity index (χ1v) is 9.49. The van der Waals surface area contributed by atoms with Gasteiger partial charge >= 0.3 is 13.5 Å². The van der Waals surface area contributed by atoms with Crippen molar-refractivity contribution in [3.8, 4) is 18.6 Å². The summed E-state index contributed by atoms with van der Waals surface area (Å²) in [6, 6.07) is 13.2. The summed E-state index contributed by atoms with van der Waals surface area (Å²) < 4.78 is 22.3. The highest BCUT2D eigenvalue weighted by Crippen LogP contribution is 2.41. The van der Waals surface area contributed by atoms with E-state index in [2.05, 4.69) is 22.7 Å². The van der Waals surface area contributed by atoms with E-state index in [4.69, 9.17) is 4.52 Å². The molecule has 0 aliphatic heterocycles. The smallest absolute Gasteiger partial charge is 0.320 e. The fourth-order valence-electron chi connectivity index (χ4n) is 1.78. The lowest BCUT2D eigenvalue weighted by molar-refractivity contribution is -0.139. The second-order valence-electron chi connectivity index (χ2n) is 4.33. The van der Waals surface area contributed by atoms with E-state index in [1.807, 2.05) is 50.2 Å². The van der Waals surface area contributed by atoms with E-state index >= 15 is 0 Å². The Labute approximate surface area is 143 Å². The fourth-order valence-corrected chi connectivity index (χ4v) is 2.79. The Bertz CT molecular complexity index is 707. The summed E-state index contributed by atoms with van der Waals surface area (Å²) >= 11 is 0. The second kappa shape index (κ2) is 11.3. The molecule has 24 heavy (non-hydrogen) atoms. The van der Waals surface area contributed by atoms with E-state index in [0.29, 0.717) is 5.75 Å². The van der Waals surface area contributed by atoms with Crippen molar-refractivity contribution in [3.63, 3.8) is 0 Å². The Morgan fingerprint density at radius 3 is 2.33 bits per heavy atom. The Morgan fingerprint density at radius 1 is 1.12 bits per heavy atom. The van der Waals surface area contributed by atoms with Crippen molar-refractivity contribution in [2.24, 2.45) is 0 Å². The molecule has 0 aliphatic carbocycles. The van der Waals surface area contributed by atoms with E-state index in [1.165, 1.54) is 13.8 Å². The predicted octanol–water partition coefficient (Wildman–Crippen LogP) is 4.08. The zero-order valence-electron chi connectivity index (χ0n) is 14.5. The standard InChI is InChI=1S/C14H16NO4P.C2H6.C2H2/c1-18-14(16)10-15-20(2,17)19-13-9-5-7-11-6-3-4-8-12(11)13;2*1-2/h3-9H,10H2,1-2H3,(H,15,17);1-2H3;1-2H. The minimum atomic E-state index is -3.14. The van der Waals surface area contributed by atoms with Crippen molar-refractivity contribution in [1.29, 1.82) is 0 Å². The molecule has 1 N–H and O–H groups in total. The molecule has 0 bridgehead atoms. The van der Waals surface area contributed by atoms with Crippen LogP contribution < -0.4 is 9.61 Å². The molecular weight excluding hydrogens is 325 g/mol. The van der Waals surface area contributed by atoms with Crippen molar-refractivity contribution in [2.45, 2.75) is 13.8 Å². The summed E-state index contributed by atoms with van der Waals surface area (Å²) in [5.41, 5.74) is 0. The lowest BCUT2D eigenvalue weighted by Crippen LogP contribution is -2.23. The van der Waals surface area contributed by atoms with Crippen LogP contribution in [-0.2, 0) is 14.1 Å². The van der Waals surface area contributed by atoms with Gasteiger partial charge < -0.3 is 9.26 Å². The van der Waals surface area contributed by atoms with Gasteiger partial charge in [0, 0.05) is 12.1 Å². The van der Waals surface area contributed by atoms with Crippen molar-refractivity contribution < 1.29 is 18.6 Å². The predicted molar refractivity (Wildman–Crippen MR) is 99.4 cm³/mol. The van der Waals surface area contributed by atoms with Gasteiger partial charge in [0.25, 0.3) is 0 Å². The van der Waals surface area contributed by atoms with Crippen LogP contribution >= 0.6 is 7.52 Å². The van der Waals surface area contributed by atoms with Crippen molar-refractivity contribution in [1.82, 2.24) is 5.09 Å². The van der Waals surface area contributed by atoms with Crippen LogP contribution in [0.25, 0.3) is 10.8 Å². The van der Waals surface area contributed by atoms with Gasteiger partial charge in [0.1, 0.15) is 12.3 Å². The third-order valence-electron chi connectivity index (χ3n) is 2.76. The molecule has 2 rings (SSSR count). The Hall–Kier alpha value is -2.28. The number of nitrogens with one attached hydrogen (secondary N) is 1. The molecule has 0 spiro atoms. The monoisotopic (exact) mass is 349 g/mol. The lowest BCUT2D eigenvalue weighted by Gasteiger charge is -2.17. The second-order valence-corrected chi connectivity index (χ2v) is 6.52. The molecule has 5 nitrogen and oxygen atoms in total. The molecule has 0 amide bonds. The van der Waals surface area contributed by atoms with E-state index in [-0.39, 0.29) is 6.54 Å². The van der Waals surface area contributed by atoms with Crippen molar-refractivity contribution in [2.75, 3.05) is 20.3 Å². The Morgan fingerprint density at radius 2 is 1.71 bits per heavy atom. The first-order chi connectivity index (χ1) is 11.5. The Balaban J connectivity index is 0.00000123. The Kier molecular flexibility index (Phi) is 10.2. The summed E-state index contributed by atoms with van der Waals surface area (Å²) in [7, 11) is -1.86. The molecule has 0 heterocycles. The number of fused-ring (bicyclic) bond motifs is 1. The van der Waals surface area contributed by atoms with Crippen molar-refractivity contribution >= 4 is 24.3 Å². The molecule has 1 unspecified atom stereocenters. The summed E-state index contributed by atoms with van der Waals surface area (Å²) in [6.45, 7) is 5.27. The third kappa shape index (κ3) is 6.87. The van der Waals surface area contributed by atoms with Gasteiger partial charge in [0.05, 0.1) is 7.11 Å². The maximum absolute atomic E-state index is 12.3. The largest absolute Gasteiger partial charge is 0.468 e. The summed E-state index contributed by atoms with van der Waals surface area (Å²) in [5, 5.41) is 4.45. The van der Waals surface area contributed by atoms with Crippen LogP contribution in [0.3, 0.4) is 0 Å². The molecule has 1 atom stereocenters. The van der Waals surface area contributed by atoms with E-state index in [9.17, 15) is 9.36 Å². The van der Waals surface area contributed by atoms with E-state index in [0.717, 1.165) is 10.8 Å². The molecule has 2 aromatic rings. The zero-order chi connectivity index (χ0) is 18.6. The first kappa shape index (κ1) is 21.7. The first-order valence-electron chi connectivity index (χ1n) is 7.42. The molecule has 2 aromatic carbocycles. The molecule has 0 saturated carbocycles. The SMILES string of the molecule is C#C.CC.COC(=O)CNP(C)(=O)Oc1cccc2ccccc12. The zero-order valence-corrected chi connectivity index (χ0v) is 15.4. The van der Waals surface area contributed by atoms with Gasteiger partial charge in [-0.25, -0.2) is 5.09 Å². The highest BCUT2D eigenvalue weighted by molar-refractivity contribution is 7.56. The number of carbonyl (C=O) groups excluding carboxylic acids is 1. The van der Waals surface area contributed by atoms with E-state index < -0.39 is 13.5 Å². The molecule has 0 fully saturated rings. The lowest BCUT2D eigenvalue weighted by atomic mass is 10.1. The van der Waals surface area contributed by atoms with Crippen LogP contribution in [-0.4, -0.2) is 26.3 Å². The number of terminal acetylenes is 1. The fraction of sp³-hybridized carbons (Fsp3) is 0.278. The third-order valence-corrected chi connectivity index (χ3v) is 4.04. The number of ether oxygens (including phenoxy) is 1. The quantitative estimate of drug-likeness (QED) is 0.501. The van der Waals surface area contributed by atoms with Crippen LogP contribution in [0.5, 0.6) is 5.75 Å². The van der Waals surface area contributed by atoms with Crippen molar-refractivity contribution in [3.05, 3.63) is 42.5 Å². The number of carbonyl (C=O) groups is 1. The number of hydrogen-bond acceptors (Lipinski definition) is 4. The van der Waals surface area contributed by atoms with Crippen LogP contribution in [0.4, 0.5) is 0 Å². The molecular formula is C18H24NO4P. The summed E-state index contributed by atoms with van der Waals surface area (Å²) in [5.74, 6) is 0.0277. The normalized spacial score (nSPS) is 11.8. The minimum Gasteiger partial charge on any atom is -0.468 e. The average molecular weight is 349 g/mol. The topological polar surface area (TPSA) is 64.6 Å². The van der Waals surface area contributed by atoms with Crippen LogP contribution in [0.15, 0.2) is 42.5 Å². The van der Waals surface area contributed by atoms with Crippen LogP contribution in [0, 0.1) is 12.8 Å². The molecule has 0 aromatic heterocycles. The minimum absolute atomic E-state index is 0.158. The molecule has 6 heteroatoms. The number of methoxy groups -OCH3 is 1. The number of esters is 1. The molecule has 0 radical (unpaired) electrons. The summed E-state index contributed by atoms with van der Waals surface area (Å²) in [6.07, 6.45) is 8.00. The number of rotatable bonds is 5. The molecule has 0 saturated heterocycles. The van der Waals surface area contributed by atoms with E-state index in [1.54, 1.807) is 6.07 Å². The summed E-state index contributed by atoms with van der Waals surface area (Å²) in [4.78, 5) is 11.1. The maximum atomic E-state index is 12.3. The van der Waals surface area contributed by atoms with Gasteiger partial charge in [-0.3, -0.25) is 9.36 Å². The highest BCUT2D eigenvalue weighted by Gasteiger charge is 2.19. The van der Waals surface area contributed by atoms with Crippen LogP contribution in [0.2, 0.25) is 0 Å². The van der Waals surface area contributed by atoms with Gasteiger partial charge in [0.15, 0.2) is 0 Å². The number of hydrogen-bond donors (Lipinski definition) is 1. The van der Waals surface area contributed by atoms with Gasteiger partial charge in [-0.2, -0.15) is 0 Å². The van der Waals surface area contributed by atoms with Gasteiger partial charge in [-0.1, -0.05) is 50.2 Å².